The molecule has 4 rings (SSSR count). The SMILES string of the molecule is CN1CCN(C(=O)N[C@@H](Cc2ccccc2)C(=O)N[C@@H](CCc2ccccc2)[C@H](S)CS(=O)(=O)NOCc2ccccc2)CC1. The van der Waals surface area contributed by atoms with Crippen LogP contribution in [0.2, 0.25) is 0 Å². The number of nitrogens with zero attached hydrogens (tertiary/aromatic N) is 2. The largest absolute Gasteiger partial charge is 0.350 e. The molecule has 1 fully saturated rings. The molecular formula is C33H43N5O5S2. The van der Waals surface area contributed by atoms with E-state index in [0.717, 1.165) is 29.8 Å². The first-order valence-electron chi connectivity index (χ1n) is 15.1. The highest BCUT2D eigenvalue weighted by Crippen LogP contribution is 2.15. The minimum absolute atomic E-state index is 0.0691. The van der Waals surface area contributed by atoms with Gasteiger partial charge in [0.25, 0.3) is 0 Å². The van der Waals surface area contributed by atoms with Crippen LogP contribution in [0.3, 0.4) is 0 Å². The van der Waals surface area contributed by atoms with Gasteiger partial charge < -0.3 is 20.4 Å². The summed E-state index contributed by atoms with van der Waals surface area (Å²) < 4.78 is 25.9. The molecule has 0 unspecified atom stereocenters. The molecule has 1 aliphatic heterocycles. The highest BCUT2D eigenvalue weighted by atomic mass is 32.2. The summed E-state index contributed by atoms with van der Waals surface area (Å²) in [5.41, 5.74) is 2.76. The maximum atomic E-state index is 13.9. The topological polar surface area (TPSA) is 120 Å². The fourth-order valence-corrected chi connectivity index (χ4v) is 6.87. The lowest BCUT2D eigenvalue weighted by molar-refractivity contribution is -0.123. The lowest BCUT2D eigenvalue weighted by atomic mass is 10.0. The lowest BCUT2D eigenvalue weighted by Crippen LogP contribution is -2.57. The molecule has 12 heteroatoms. The quantitative estimate of drug-likeness (QED) is 0.148. The number of hydrogen-bond donors (Lipinski definition) is 4. The van der Waals surface area contributed by atoms with Gasteiger partial charge in [0, 0.05) is 43.9 Å². The standard InChI is InChI=1S/C33H43N5O5S2/c1-37-19-21-38(22-20-37)33(40)35-30(23-27-13-7-3-8-14-27)32(39)34-29(18-17-26-11-5-2-6-12-26)31(44)25-45(41,42)36-43-24-28-15-9-4-10-16-28/h2-16,29-31,36,44H,17-25H2,1H3,(H,34,39)(H,35,40)/t29-,30-,31+/m0/s1. The molecular weight excluding hydrogens is 611 g/mol. The van der Waals surface area contributed by atoms with Gasteiger partial charge in [0.2, 0.25) is 15.9 Å². The van der Waals surface area contributed by atoms with Crippen LogP contribution in [0.25, 0.3) is 0 Å². The summed E-state index contributed by atoms with van der Waals surface area (Å²) in [6.07, 6.45) is 1.31. The maximum absolute atomic E-state index is 13.9. The highest BCUT2D eigenvalue weighted by molar-refractivity contribution is 7.90. The number of likely N-dealkylation sites (N-methyl/N-ethyl adjacent to an activating group) is 1. The fraction of sp³-hybridized carbons (Fsp3) is 0.394. The van der Waals surface area contributed by atoms with Gasteiger partial charge in [-0.15, -0.1) is 0 Å². The first-order chi connectivity index (χ1) is 21.7. The van der Waals surface area contributed by atoms with Gasteiger partial charge in [-0.25, -0.2) is 13.2 Å². The molecule has 0 bridgehead atoms. The van der Waals surface area contributed by atoms with Crippen LogP contribution in [-0.4, -0.2) is 86.5 Å². The molecule has 3 atom stereocenters. The van der Waals surface area contributed by atoms with Gasteiger partial charge in [0.15, 0.2) is 0 Å². The van der Waals surface area contributed by atoms with E-state index in [0.29, 0.717) is 25.9 Å². The average molecular weight is 654 g/mol. The Morgan fingerprint density at radius 2 is 1.38 bits per heavy atom. The van der Waals surface area contributed by atoms with Crippen LogP contribution in [0, 0.1) is 0 Å². The number of hydrogen-bond acceptors (Lipinski definition) is 7. The molecule has 45 heavy (non-hydrogen) atoms. The Morgan fingerprint density at radius 1 is 0.822 bits per heavy atom. The van der Waals surface area contributed by atoms with Gasteiger partial charge in [0.1, 0.15) is 6.04 Å². The number of sulfonamides is 1. The molecule has 3 aromatic rings. The van der Waals surface area contributed by atoms with E-state index in [4.69, 9.17) is 4.84 Å². The van der Waals surface area contributed by atoms with Crippen LogP contribution < -0.4 is 15.5 Å². The molecule has 1 saturated heterocycles. The van der Waals surface area contributed by atoms with Crippen LogP contribution in [0.15, 0.2) is 91.0 Å². The Hall–Kier alpha value is -3.42. The van der Waals surface area contributed by atoms with E-state index in [-0.39, 0.29) is 24.8 Å². The Morgan fingerprint density at radius 3 is 1.98 bits per heavy atom. The van der Waals surface area contributed by atoms with Crippen molar-refractivity contribution in [2.24, 2.45) is 0 Å². The number of amides is 3. The molecule has 1 heterocycles. The van der Waals surface area contributed by atoms with Crippen molar-refractivity contribution >= 4 is 34.6 Å². The number of carbonyl (C=O) groups is 2. The Kier molecular flexibility index (Phi) is 13.3. The molecule has 0 aliphatic carbocycles. The van der Waals surface area contributed by atoms with E-state index < -0.39 is 33.3 Å². The van der Waals surface area contributed by atoms with Crippen molar-refractivity contribution in [1.82, 2.24) is 25.3 Å². The van der Waals surface area contributed by atoms with E-state index in [1.807, 2.05) is 98.0 Å². The average Bonchev–Trinajstić information content (AvgIpc) is 3.04. The third-order valence-electron chi connectivity index (χ3n) is 7.72. The second-order valence-corrected chi connectivity index (χ2v) is 13.7. The molecule has 0 aromatic heterocycles. The second kappa shape index (κ2) is 17.3. The normalized spacial score (nSPS) is 16.0. The van der Waals surface area contributed by atoms with Crippen LogP contribution in [0.4, 0.5) is 4.79 Å². The van der Waals surface area contributed by atoms with Crippen LogP contribution >= 0.6 is 12.6 Å². The Balaban J connectivity index is 1.45. The zero-order valence-corrected chi connectivity index (χ0v) is 27.3. The zero-order valence-electron chi connectivity index (χ0n) is 25.5. The smallest absolute Gasteiger partial charge is 0.318 e. The monoisotopic (exact) mass is 653 g/mol. The van der Waals surface area contributed by atoms with E-state index in [2.05, 4.69) is 33.0 Å². The second-order valence-electron chi connectivity index (χ2n) is 11.3. The molecule has 0 spiro atoms. The van der Waals surface area contributed by atoms with E-state index in [1.54, 1.807) is 4.90 Å². The number of nitrogens with one attached hydrogen (secondary N) is 3. The minimum atomic E-state index is -3.90. The number of aryl methyl sites for hydroxylation is 1. The summed E-state index contributed by atoms with van der Waals surface area (Å²) in [4.78, 5) is 38.4. The van der Waals surface area contributed by atoms with Gasteiger partial charge in [-0.3, -0.25) is 9.63 Å². The van der Waals surface area contributed by atoms with Gasteiger partial charge in [-0.2, -0.15) is 12.6 Å². The summed E-state index contributed by atoms with van der Waals surface area (Å²) in [7, 11) is -1.89. The van der Waals surface area contributed by atoms with Crippen molar-refractivity contribution in [2.75, 3.05) is 39.0 Å². The third-order valence-corrected chi connectivity index (χ3v) is 9.68. The fourth-order valence-electron chi connectivity index (χ4n) is 5.07. The molecule has 3 N–H and O–H groups in total. The van der Waals surface area contributed by atoms with Crippen molar-refractivity contribution in [3.05, 3.63) is 108 Å². The van der Waals surface area contributed by atoms with Gasteiger partial charge in [0.05, 0.1) is 12.4 Å². The van der Waals surface area contributed by atoms with E-state index in [1.165, 1.54) is 0 Å². The van der Waals surface area contributed by atoms with Crippen molar-refractivity contribution in [3.8, 4) is 0 Å². The number of piperazine rings is 1. The molecule has 242 valence electrons. The van der Waals surface area contributed by atoms with Gasteiger partial charge >= 0.3 is 6.03 Å². The van der Waals surface area contributed by atoms with Crippen molar-refractivity contribution in [2.45, 2.75) is 43.2 Å². The molecule has 1 aliphatic rings. The van der Waals surface area contributed by atoms with Crippen molar-refractivity contribution < 1.29 is 22.8 Å². The number of urea groups is 1. The Bertz CT molecular complexity index is 1440. The predicted octanol–water partition coefficient (Wildman–Crippen LogP) is 3.02. The number of thiol groups is 1. The molecule has 0 radical (unpaired) electrons. The number of carbonyl (C=O) groups excluding carboxylic acids is 2. The van der Waals surface area contributed by atoms with Gasteiger partial charge in [-0.1, -0.05) is 95.9 Å². The van der Waals surface area contributed by atoms with E-state index in [9.17, 15) is 18.0 Å². The lowest BCUT2D eigenvalue weighted by Gasteiger charge is -2.34. The maximum Gasteiger partial charge on any atom is 0.318 e. The summed E-state index contributed by atoms with van der Waals surface area (Å²) in [5, 5.41) is 5.22. The van der Waals surface area contributed by atoms with E-state index >= 15 is 0 Å². The van der Waals surface area contributed by atoms with Crippen molar-refractivity contribution in [1.29, 1.82) is 0 Å². The van der Waals surface area contributed by atoms with Crippen LogP contribution in [-0.2, 0) is 39.1 Å². The van der Waals surface area contributed by atoms with Crippen LogP contribution in [0.5, 0.6) is 0 Å². The molecule has 0 saturated carbocycles. The Labute approximate surface area is 271 Å². The van der Waals surface area contributed by atoms with Gasteiger partial charge in [-0.05, 0) is 36.6 Å². The predicted molar refractivity (Wildman–Crippen MR) is 179 cm³/mol. The first kappa shape index (κ1) is 34.5. The number of rotatable bonds is 15. The summed E-state index contributed by atoms with van der Waals surface area (Å²) in [6.45, 7) is 2.71. The minimum Gasteiger partial charge on any atom is -0.350 e. The van der Waals surface area contributed by atoms with Crippen LogP contribution in [0.1, 0.15) is 23.1 Å². The summed E-state index contributed by atoms with van der Waals surface area (Å²) in [5.74, 6) is -0.786. The first-order valence-corrected chi connectivity index (χ1v) is 17.3. The molecule has 3 amide bonds. The zero-order chi connectivity index (χ0) is 32.1. The van der Waals surface area contributed by atoms with Crippen molar-refractivity contribution in [3.63, 3.8) is 0 Å². The third kappa shape index (κ3) is 11.8. The highest BCUT2D eigenvalue weighted by Gasteiger charge is 2.31. The molecule has 3 aromatic carbocycles. The summed E-state index contributed by atoms with van der Waals surface area (Å²) >= 11 is 4.67. The number of benzene rings is 3. The summed E-state index contributed by atoms with van der Waals surface area (Å²) in [6, 6.07) is 26.7. The molecule has 10 nitrogen and oxygen atoms in total.